The summed E-state index contributed by atoms with van der Waals surface area (Å²) in [5.74, 6) is -0.0525. The van der Waals surface area contributed by atoms with Crippen molar-refractivity contribution in [3.8, 4) is 16.3 Å². The summed E-state index contributed by atoms with van der Waals surface area (Å²) in [6, 6.07) is 3.60. The van der Waals surface area contributed by atoms with Gasteiger partial charge in [0.25, 0.3) is 0 Å². The predicted octanol–water partition coefficient (Wildman–Crippen LogP) is 2.98. The molecule has 0 saturated heterocycles. The third-order valence-electron chi connectivity index (χ3n) is 3.04. The van der Waals surface area contributed by atoms with Crippen molar-refractivity contribution in [2.24, 2.45) is 0 Å². The van der Waals surface area contributed by atoms with Crippen LogP contribution in [0.1, 0.15) is 17.3 Å². The Hall–Kier alpha value is -2.48. The molecular weight excluding hydrogens is 321 g/mol. The zero-order valence-electron chi connectivity index (χ0n) is 12.4. The maximum Gasteiger partial charge on any atom is 0.342 e. The molecule has 0 radical (unpaired) electrons. The minimum Gasteiger partial charge on any atom is -0.474 e. The zero-order chi connectivity index (χ0) is 16.2. The second-order valence-corrected chi connectivity index (χ2v) is 5.55. The molecule has 0 aliphatic rings. The van der Waals surface area contributed by atoms with E-state index in [1.54, 1.807) is 29.9 Å². The average molecular weight is 335 g/mol. The number of pyridine rings is 1. The fourth-order valence-electron chi connectivity index (χ4n) is 2.09. The normalized spacial score (nSPS) is 10.9. The first kappa shape index (κ1) is 15.4. The van der Waals surface area contributed by atoms with E-state index in [1.807, 2.05) is 6.07 Å². The summed E-state index contributed by atoms with van der Waals surface area (Å²) in [6.07, 6.45) is 4.85. The second kappa shape index (κ2) is 6.74. The Bertz CT molecular complexity index is 830. The van der Waals surface area contributed by atoms with Gasteiger partial charge in [0.2, 0.25) is 5.88 Å². The number of halogens is 1. The Morgan fingerprint density at radius 2 is 2.35 bits per heavy atom. The summed E-state index contributed by atoms with van der Waals surface area (Å²) in [4.78, 5) is 17.6. The number of alkyl halides is 1. The average Bonchev–Trinajstić information content (AvgIpc) is 3.13. The van der Waals surface area contributed by atoms with Crippen molar-refractivity contribution in [2.75, 3.05) is 19.9 Å². The van der Waals surface area contributed by atoms with Crippen molar-refractivity contribution in [1.82, 2.24) is 14.6 Å². The lowest BCUT2D eigenvalue weighted by molar-refractivity contribution is 0.0529. The fourth-order valence-corrected chi connectivity index (χ4v) is 3.15. The molecule has 0 aliphatic heterocycles. The Kier molecular flexibility index (Phi) is 4.52. The van der Waals surface area contributed by atoms with Crippen molar-refractivity contribution < 1.29 is 18.7 Å². The molecule has 0 unspecified atom stereocenters. The molecule has 0 N–H and O–H groups in total. The van der Waals surface area contributed by atoms with Crippen LogP contribution in [0.4, 0.5) is 4.39 Å². The van der Waals surface area contributed by atoms with Gasteiger partial charge in [0, 0.05) is 12.4 Å². The van der Waals surface area contributed by atoms with E-state index in [0.29, 0.717) is 22.9 Å². The van der Waals surface area contributed by atoms with E-state index in [4.69, 9.17) is 9.47 Å². The number of hydrogen-bond acceptors (Lipinski definition) is 6. The molecule has 0 spiro atoms. The molecule has 0 fully saturated rings. The van der Waals surface area contributed by atoms with Crippen molar-refractivity contribution in [1.29, 1.82) is 0 Å². The lowest BCUT2D eigenvalue weighted by atomic mass is 10.2. The van der Waals surface area contributed by atoms with Gasteiger partial charge in [-0.05, 0) is 19.1 Å². The minimum absolute atomic E-state index is 0.0550. The maximum absolute atomic E-state index is 12.3. The summed E-state index contributed by atoms with van der Waals surface area (Å²) in [7, 11) is 0. The van der Waals surface area contributed by atoms with Gasteiger partial charge in [-0.3, -0.25) is 0 Å². The molecule has 3 heterocycles. The Balaban J connectivity index is 2.00. The van der Waals surface area contributed by atoms with E-state index >= 15 is 0 Å². The summed E-state index contributed by atoms with van der Waals surface area (Å²) in [5, 5.41) is 4.16. The van der Waals surface area contributed by atoms with E-state index in [1.165, 1.54) is 17.5 Å². The molecule has 0 amide bonds. The molecule has 0 aromatic carbocycles. The van der Waals surface area contributed by atoms with Crippen LogP contribution in [0.2, 0.25) is 0 Å². The molecular formula is C15H14FN3O3S. The van der Waals surface area contributed by atoms with Gasteiger partial charge < -0.3 is 9.47 Å². The van der Waals surface area contributed by atoms with E-state index in [-0.39, 0.29) is 6.61 Å². The summed E-state index contributed by atoms with van der Waals surface area (Å²) in [5.41, 5.74) is 1.14. The Morgan fingerprint density at radius 1 is 1.48 bits per heavy atom. The third kappa shape index (κ3) is 3.02. The van der Waals surface area contributed by atoms with Crippen LogP contribution in [0.5, 0.6) is 5.88 Å². The molecule has 120 valence electrons. The number of carbonyl (C=O) groups excluding carboxylic acids is 1. The summed E-state index contributed by atoms with van der Waals surface area (Å²) < 4.78 is 24.3. The lowest BCUT2D eigenvalue weighted by Gasteiger charge is -2.06. The van der Waals surface area contributed by atoms with Gasteiger partial charge in [-0.25, -0.2) is 18.7 Å². The molecule has 6 nitrogen and oxygen atoms in total. The fraction of sp³-hybridized carbons (Fsp3) is 0.267. The SMILES string of the molecule is CCOC(=O)c1cnn2cc(-c3cccnc3OCCF)sc12. The molecule has 3 aromatic rings. The molecule has 0 bridgehead atoms. The van der Waals surface area contributed by atoms with Gasteiger partial charge in [0.1, 0.15) is 23.7 Å². The summed E-state index contributed by atoms with van der Waals surface area (Å²) in [6.45, 7) is 1.41. The van der Waals surface area contributed by atoms with Gasteiger partial charge in [-0.15, -0.1) is 11.3 Å². The number of ether oxygens (including phenoxy) is 2. The molecule has 3 aromatic heterocycles. The molecule has 0 saturated carbocycles. The van der Waals surface area contributed by atoms with Crippen LogP contribution in [0.15, 0.2) is 30.7 Å². The molecule has 3 rings (SSSR count). The molecule has 0 atom stereocenters. The smallest absolute Gasteiger partial charge is 0.342 e. The number of thiazole rings is 1. The standard InChI is InChI=1S/C15H14FN3O3S/c1-2-21-15(20)11-8-18-19-9-12(23-14(11)19)10-4-3-6-17-13(10)22-7-5-16/h3-4,6,8-9H,2,5,7H2,1H3. The van der Waals surface area contributed by atoms with Gasteiger partial charge in [-0.1, -0.05) is 0 Å². The predicted molar refractivity (Wildman–Crippen MR) is 83.7 cm³/mol. The first-order valence-corrected chi connectivity index (χ1v) is 7.84. The number of aromatic nitrogens is 3. The van der Waals surface area contributed by atoms with Crippen molar-refractivity contribution >= 4 is 22.1 Å². The van der Waals surface area contributed by atoms with Gasteiger partial charge in [-0.2, -0.15) is 5.10 Å². The number of carbonyl (C=O) groups is 1. The highest BCUT2D eigenvalue weighted by molar-refractivity contribution is 7.21. The third-order valence-corrected chi connectivity index (χ3v) is 4.19. The second-order valence-electron chi connectivity index (χ2n) is 4.52. The Morgan fingerprint density at radius 3 is 3.13 bits per heavy atom. The van der Waals surface area contributed by atoms with Crippen LogP contribution >= 0.6 is 11.3 Å². The number of hydrogen-bond donors (Lipinski definition) is 0. The van der Waals surface area contributed by atoms with Crippen molar-refractivity contribution in [3.05, 3.63) is 36.3 Å². The van der Waals surface area contributed by atoms with Gasteiger partial charge in [0.15, 0.2) is 0 Å². The maximum atomic E-state index is 12.3. The number of esters is 1. The monoisotopic (exact) mass is 335 g/mol. The van der Waals surface area contributed by atoms with E-state index < -0.39 is 12.6 Å². The first-order valence-electron chi connectivity index (χ1n) is 7.03. The number of fused-ring (bicyclic) bond motifs is 1. The quantitative estimate of drug-likeness (QED) is 0.648. The highest BCUT2D eigenvalue weighted by Crippen LogP contribution is 2.35. The highest BCUT2D eigenvalue weighted by atomic mass is 32.1. The Labute approximate surface area is 135 Å². The van der Waals surface area contributed by atoms with Crippen LogP contribution in [0.25, 0.3) is 15.3 Å². The van der Waals surface area contributed by atoms with Crippen molar-refractivity contribution in [2.45, 2.75) is 6.92 Å². The molecule has 8 heteroatoms. The van der Waals surface area contributed by atoms with E-state index in [0.717, 1.165) is 10.4 Å². The highest BCUT2D eigenvalue weighted by Gasteiger charge is 2.18. The summed E-state index contributed by atoms with van der Waals surface area (Å²) >= 11 is 1.37. The largest absolute Gasteiger partial charge is 0.474 e. The molecule has 23 heavy (non-hydrogen) atoms. The topological polar surface area (TPSA) is 65.7 Å². The van der Waals surface area contributed by atoms with Crippen LogP contribution in [0, 0.1) is 0 Å². The van der Waals surface area contributed by atoms with Crippen LogP contribution in [-0.4, -0.2) is 40.5 Å². The van der Waals surface area contributed by atoms with Crippen molar-refractivity contribution in [3.63, 3.8) is 0 Å². The number of rotatable bonds is 6. The van der Waals surface area contributed by atoms with Crippen LogP contribution in [-0.2, 0) is 4.74 Å². The van der Waals surface area contributed by atoms with Crippen LogP contribution < -0.4 is 4.74 Å². The minimum atomic E-state index is -0.587. The zero-order valence-corrected chi connectivity index (χ0v) is 13.2. The van der Waals surface area contributed by atoms with Crippen LogP contribution in [0.3, 0.4) is 0 Å². The molecule has 0 aliphatic carbocycles. The number of nitrogens with zero attached hydrogens (tertiary/aromatic N) is 3. The van der Waals surface area contributed by atoms with Gasteiger partial charge in [0.05, 0.1) is 23.2 Å². The van der Waals surface area contributed by atoms with E-state index in [9.17, 15) is 9.18 Å². The van der Waals surface area contributed by atoms with E-state index in [2.05, 4.69) is 10.1 Å². The lowest BCUT2D eigenvalue weighted by Crippen LogP contribution is -2.03. The first-order chi connectivity index (χ1) is 11.2. The van der Waals surface area contributed by atoms with Gasteiger partial charge >= 0.3 is 5.97 Å².